The molecule has 0 aliphatic carbocycles. The van der Waals surface area contributed by atoms with E-state index in [-0.39, 0.29) is 11.3 Å². The molecule has 0 radical (unpaired) electrons. The number of amides is 1. The van der Waals surface area contributed by atoms with E-state index >= 15 is 0 Å². The van der Waals surface area contributed by atoms with Crippen molar-refractivity contribution in [2.75, 3.05) is 13.9 Å². The number of carbonyl (C=O) groups is 3. The molecule has 9 heteroatoms. The van der Waals surface area contributed by atoms with Crippen LogP contribution >= 0.6 is 27.7 Å². The summed E-state index contributed by atoms with van der Waals surface area (Å²) in [6.07, 6.45) is 0. The SMILES string of the molecule is CO[C@@]1(Br)C(=O)N2[C@@H](C(=O)OCOC(=O)C(C)(C)C)C(C)(C)S[C@@H]21. The maximum atomic E-state index is 12.5. The van der Waals surface area contributed by atoms with Gasteiger partial charge in [-0.2, -0.15) is 0 Å². The lowest BCUT2D eigenvalue weighted by molar-refractivity contribution is -0.186. The molecule has 2 aliphatic rings. The third-order valence-corrected chi connectivity index (χ3v) is 6.99. The van der Waals surface area contributed by atoms with Crippen LogP contribution in [0.5, 0.6) is 0 Å². The van der Waals surface area contributed by atoms with Crippen LogP contribution in [0.4, 0.5) is 0 Å². The van der Waals surface area contributed by atoms with Gasteiger partial charge in [0.1, 0.15) is 11.4 Å². The average molecular weight is 424 g/mol. The van der Waals surface area contributed by atoms with E-state index < -0.39 is 39.4 Å². The van der Waals surface area contributed by atoms with Gasteiger partial charge in [-0.15, -0.1) is 11.8 Å². The van der Waals surface area contributed by atoms with Crippen molar-refractivity contribution in [2.24, 2.45) is 5.41 Å². The largest absolute Gasteiger partial charge is 0.427 e. The number of ether oxygens (including phenoxy) is 3. The normalized spacial score (nSPS) is 31.3. The lowest BCUT2D eigenvalue weighted by atomic mass is 9.97. The van der Waals surface area contributed by atoms with E-state index in [1.165, 1.54) is 23.8 Å². The highest BCUT2D eigenvalue weighted by atomic mass is 79.9. The minimum absolute atomic E-state index is 0.318. The summed E-state index contributed by atoms with van der Waals surface area (Å²) in [6, 6.07) is -0.769. The van der Waals surface area contributed by atoms with Gasteiger partial charge in [0, 0.05) is 11.9 Å². The number of thioether (sulfide) groups is 1. The molecule has 2 heterocycles. The Morgan fingerprint density at radius 3 is 2.38 bits per heavy atom. The molecule has 0 saturated carbocycles. The van der Waals surface area contributed by atoms with Gasteiger partial charge in [0.2, 0.25) is 11.3 Å². The number of carbonyl (C=O) groups excluding carboxylic acids is 3. The third kappa shape index (κ3) is 3.06. The third-order valence-electron chi connectivity index (χ3n) is 3.97. The van der Waals surface area contributed by atoms with Crippen molar-refractivity contribution in [1.82, 2.24) is 4.90 Å². The van der Waals surface area contributed by atoms with Gasteiger partial charge in [0.05, 0.1) is 5.41 Å². The molecule has 0 N–H and O–H groups in total. The Hall–Kier alpha value is -0.800. The zero-order valence-electron chi connectivity index (χ0n) is 14.5. The molecule has 2 aliphatic heterocycles. The first-order valence-electron chi connectivity index (χ1n) is 7.45. The number of nitrogens with zero attached hydrogens (tertiary/aromatic N) is 1. The van der Waals surface area contributed by atoms with E-state index in [9.17, 15) is 14.4 Å². The number of methoxy groups -OCH3 is 1. The van der Waals surface area contributed by atoms with Crippen molar-refractivity contribution in [2.45, 2.75) is 55.3 Å². The number of fused-ring (bicyclic) bond motifs is 1. The molecule has 24 heavy (non-hydrogen) atoms. The van der Waals surface area contributed by atoms with Crippen LogP contribution in [-0.4, -0.2) is 57.3 Å². The minimum atomic E-state index is -1.11. The fourth-order valence-electron chi connectivity index (χ4n) is 2.60. The second-order valence-electron chi connectivity index (χ2n) is 7.30. The van der Waals surface area contributed by atoms with E-state index in [4.69, 9.17) is 14.2 Å². The molecule has 0 aromatic heterocycles. The van der Waals surface area contributed by atoms with E-state index in [1.54, 1.807) is 20.8 Å². The molecular weight excluding hydrogens is 402 g/mol. The summed E-state index contributed by atoms with van der Waals surface area (Å²) in [6.45, 7) is 8.37. The Balaban J connectivity index is 2.02. The van der Waals surface area contributed by atoms with Crippen molar-refractivity contribution in [1.29, 1.82) is 0 Å². The summed E-state index contributed by atoms with van der Waals surface area (Å²) in [4.78, 5) is 38.0. The van der Waals surface area contributed by atoms with Crippen LogP contribution in [0.3, 0.4) is 0 Å². The minimum Gasteiger partial charge on any atom is -0.427 e. The predicted molar refractivity (Wildman–Crippen MR) is 91.3 cm³/mol. The van der Waals surface area contributed by atoms with E-state index in [0.717, 1.165) is 0 Å². The van der Waals surface area contributed by atoms with E-state index in [0.29, 0.717) is 0 Å². The maximum Gasteiger partial charge on any atom is 0.333 e. The topological polar surface area (TPSA) is 82.1 Å². The smallest absolute Gasteiger partial charge is 0.333 e. The van der Waals surface area contributed by atoms with Crippen LogP contribution in [0.25, 0.3) is 0 Å². The number of β-lactam (4-membered cyclic amide) rings is 1. The molecule has 2 fully saturated rings. The monoisotopic (exact) mass is 423 g/mol. The standard InChI is InChI=1S/C15H22BrNO6S/c1-13(2,3)12(20)23-7-22-9(18)8-14(4,5)24-11-15(16,21-6)10(19)17(8)11/h8,11H,7H2,1-6H3/t8-,11+,15-/m0/s1. The number of esters is 2. The number of rotatable bonds is 4. The number of halogens is 1. The van der Waals surface area contributed by atoms with Crippen LogP contribution in [0.2, 0.25) is 0 Å². The summed E-state index contributed by atoms with van der Waals surface area (Å²) < 4.78 is 13.6. The summed E-state index contributed by atoms with van der Waals surface area (Å²) in [5.41, 5.74) is -0.679. The number of alkyl halides is 1. The van der Waals surface area contributed by atoms with Crippen molar-refractivity contribution >= 4 is 45.5 Å². The van der Waals surface area contributed by atoms with Gasteiger partial charge >= 0.3 is 11.9 Å². The van der Waals surface area contributed by atoms with Crippen LogP contribution in [0.1, 0.15) is 34.6 Å². The zero-order chi connectivity index (χ0) is 18.5. The first kappa shape index (κ1) is 19.5. The second kappa shape index (κ2) is 6.17. The molecule has 1 amide bonds. The highest BCUT2D eigenvalue weighted by molar-refractivity contribution is 9.10. The van der Waals surface area contributed by atoms with Crippen LogP contribution in [0.15, 0.2) is 0 Å². The molecule has 2 saturated heterocycles. The molecule has 2 rings (SSSR count). The van der Waals surface area contributed by atoms with Crippen LogP contribution < -0.4 is 0 Å². The quantitative estimate of drug-likeness (QED) is 0.295. The average Bonchev–Trinajstić information content (AvgIpc) is 2.74. The van der Waals surface area contributed by atoms with Gasteiger partial charge in [0.15, 0.2) is 0 Å². The van der Waals surface area contributed by atoms with Crippen LogP contribution in [-0.2, 0) is 28.6 Å². The van der Waals surface area contributed by atoms with E-state index in [1.807, 2.05) is 13.8 Å². The van der Waals surface area contributed by atoms with Crippen molar-refractivity contribution in [3.63, 3.8) is 0 Å². The van der Waals surface area contributed by atoms with Crippen LogP contribution in [0, 0.1) is 5.41 Å². The molecular formula is C15H22BrNO6S. The van der Waals surface area contributed by atoms with Gasteiger partial charge < -0.3 is 19.1 Å². The Morgan fingerprint density at radius 1 is 1.29 bits per heavy atom. The number of hydrogen-bond donors (Lipinski definition) is 0. The first-order valence-corrected chi connectivity index (χ1v) is 9.12. The molecule has 0 bridgehead atoms. The molecule has 3 atom stereocenters. The zero-order valence-corrected chi connectivity index (χ0v) is 16.9. The van der Waals surface area contributed by atoms with Gasteiger partial charge in [0.25, 0.3) is 5.91 Å². The Bertz CT molecular complexity index is 575. The molecule has 0 aromatic rings. The molecule has 0 unspecified atom stereocenters. The highest BCUT2D eigenvalue weighted by Gasteiger charge is 2.71. The Morgan fingerprint density at radius 2 is 1.88 bits per heavy atom. The Kier molecular flexibility index (Phi) is 5.02. The summed E-state index contributed by atoms with van der Waals surface area (Å²) >= 11 is 4.76. The molecule has 7 nitrogen and oxygen atoms in total. The predicted octanol–water partition coefficient (Wildman–Crippen LogP) is 1.88. The summed E-state index contributed by atoms with van der Waals surface area (Å²) in [5.74, 6) is -1.38. The Labute approximate surface area is 153 Å². The lowest BCUT2D eigenvalue weighted by Gasteiger charge is -2.48. The van der Waals surface area contributed by atoms with Gasteiger partial charge in [-0.25, -0.2) is 4.79 Å². The lowest BCUT2D eigenvalue weighted by Crippen LogP contribution is -2.71. The summed E-state index contributed by atoms with van der Waals surface area (Å²) in [5, 5.41) is -0.320. The van der Waals surface area contributed by atoms with Crippen molar-refractivity contribution in [3.8, 4) is 0 Å². The fourth-order valence-corrected chi connectivity index (χ4v) is 4.89. The van der Waals surface area contributed by atoms with Gasteiger partial charge in [-0.1, -0.05) is 0 Å². The first-order chi connectivity index (χ1) is 10.9. The fraction of sp³-hybridized carbons (Fsp3) is 0.800. The maximum absolute atomic E-state index is 12.5. The molecule has 0 aromatic carbocycles. The summed E-state index contributed by atoms with van der Waals surface area (Å²) in [7, 11) is 1.44. The van der Waals surface area contributed by atoms with Crippen molar-refractivity contribution < 1.29 is 28.6 Å². The highest BCUT2D eigenvalue weighted by Crippen LogP contribution is 2.58. The molecule has 136 valence electrons. The van der Waals surface area contributed by atoms with Crippen molar-refractivity contribution in [3.05, 3.63) is 0 Å². The second-order valence-corrected chi connectivity index (χ2v) is 10.2. The van der Waals surface area contributed by atoms with E-state index in [2.05, 4.69) is 15.9 Å². The number of hydrogen-bond acceptors (Lipinski definition) is 7. The van der Waals surface area contributed by atoms with Gasteiger partial charge in [-0.3, -0.25) is 9.59 Å². The van der Waals surface area contributed by atoms with Gasteiger partial charge in [-0.05, 0) is 50.5 Å². The molecule has 0 spiro atoms.